The maximum absolute atomic E-state index is 12.4. The van der Waals surface area contributed by atoms with Crippen LogP contribution in [0, 0.1) is 0 Å². The fraction of sp³-hybridized carbons (Fsp3) is 0. The smallest absolute Gasteiger partial charge is 0.213 e. The Morgan fingerprint density at radius 1 is 1.21 bits per heavy atom. The van der Waals surface area contributed by atoms with Crippen molar-refractivity contribution in [3.05, 3.63) is 51.8 Å². The lowest BCUT2D eigenvalue weighted by molar-refractivity contribution is 1.43. The van der Waals surface area contributed by atoms with E-state index in [4.69, 9.17) is 11.6 Å². The lowest BCUT2D eigenvalue weighted by atomic mass is 10.2. The van der Waals surface area contributed by atoms with Gasteiger partial charge >= 0.3 is 0 Å². The zero-order chi connectivity index (χ0) is 13.0. The average molecular weight is 287 g/mol. The van der Waals surface area contributed by atoms with Crippen LogP contribution in [0.3, 0.4) is 0 Å². The summed E-state index contributed by atoms with van der Waals surface area (Å²) >= 11 is 7.54. The molecular weight excluding hydrogens is 280 g/mol. The molecule has 0 spiro atoms. The van der Waals surface area contributed by atoms with Gasteiger partial charge in [0.1, 0.15) is 10.3 Å². The second kappa shape index (κ2) is 3.79. The molecule has 0 fully saturated rings. The molecule has 1 aromatic carbocycles. The number of halogens is 1. The minimum Gasteiger partial charge on any atom is -0.351 e. The van der Waals surface area contributed by atoms with Crippen LogP contribution < -0.4 is 5.43 Å². The summed E-state index contributed by atoms with van der Waals surface area (Å²) in [6.45, 7) is 0. The van der Waals surface area contributed by atoms with Gasteiger partial charge in [0.05, 0.1) is 10.1 Å². The molecule has 19 heavy (non-hydrogen) atoms. The number of aromatic amines is 1. The zero-order valence-corrected chi connectivity index (χ0v) is 11.2. The Labute approximate surface area is 116 Å². The van der Waals surface area contributed by atoms with Crippen molar-refractivity contribution in [3.63, 3.8) is 0 Å². The van der Waals surface area contributed by atoms with Gasteiger partial charge in [0.2, 0.25) is 5.43 Å². The third-order valence-corrected chi connectivity index (χ3v) is 4.54. The van der Waals surface area contributed by atoms with Crippen molar-refractivity contribution < 1.29 is 0 Å². The highest BCUT2D eigenvalue weighted by Gasteiger charge is 2.12. The molecule has 3 aromatic heterocycles. The molecule has 0 aliphatic heterocycles. The molecule has 5 heteroatoms. The topological polar surface area (TPSA) is 45.8 Å². The van der Waals surface area contributed by atoms with Crippen molar-refractivity contribution in [2.45, 2.75) is 0 Å². The maximum atomic E-state index is 12.4. The molecule has 0 aliphatic rings. The zero-order valence-electron chi connectivity index (χ0n) is 9.61. The van der Waals surface area contributed by atoms with E-state index in [-0.39, 0.29) is 5.43 Å². The Morgan fingerprint density at radius 3 is 3.00 bits per heavy atom. The summed E-state index contributed by atoms with van der Waals surface area (Å²) in [6, 6.07) is 9.16. The minimum atomic E-state index is -0.0100. The molecule has 3 nitrogen and oxygen atoms in total. The molecule has 4 rings (SSSR count). The summed E-state index contributed by atoms with van der Waals surface area (Å²) < 4.78 is 0.911. The molecular formula is C14H7ClN2OS. The molecule has 3 heterocycles. The molecule has 0 saturated heterocycles. The fourth-order valence-corrected chi connectivity index (χ4v) is 3.56. The highest BCUT2D eigenvalue weighted by molar-refractivity contribution is 7.25. The van der Waals surface area contributed by atoms with E-state index in [1.165, 1.54) is 11.3 Å². The molecule has 4 aromatic rings. The van der Waals surface area contributed by atoms with E-state index in [2.05, 4.69) is 9.97 Å². The van der Waals surface area contributed by atoms with Crippen LogP contribution in [0.1, 0.15) is 0 Å². The first-order valence-corrected chi connectivity index (χ1v) is 6.92. The Balaban J connectivity index is 2.34. The third-order valence-electron chi connectivity index (χ3n) is 3.15. The van der Waals surface area contributed by atoms with E-state index in [0.717, 1.165) is 20.4 Å². The molecule has 0 unspecified atom stereocenters. The van der Waals surface area contributed by atoms with Gasteiger partial charge < -0.3 is 4.98 Å². The molecule has 0 saturated carbocycles. The largest absolute Gasteiger partial charge is 0.351 e. The number of hydrogen-bond donors (Lipinski definition) is 1. The van der Waals surface area contributed by atoms with Crippen LogP contribution in [-0.4, -0.2) is 9.97 Å². The number of rotatable bonds is 0. The van der Waals surface area contributed by atoms with E-state index < -0.39 is 0 Å². The van der Waals surface area contributed by atoms with Gasteiger partial charge in [0, 0.05) is 22.1 Å². The molecule has 0 bridgehead atoms. The van der Waals surface area contributed by atoms with Gasteiger partial charge in [-0.25, -0.2) is 4.98 Å². The summed E-state index contributed by atoms with van der Waals surface area (Å²) in [4.78, 5) is 20.6. The highest BCUT2D eigenvalue weighted by atomic mass is 35.5. The number of hydrogen-bond acceptors (Lipinski definition) is 3. The lowest BCUT2D eigenvalue weighted by Gasteiger charge is -1.95. The monoisotopic (exact) mass is 286 g/mol. The normalized spacial score (nSPS) is 11.6. The van der Waals surface area contributed by atoms with Crippen LogP contribution in [-0.2, 0) is 0 Å². The number of aromatic nitrogens is 2. The Morgan fingerprint density at radius 2 is 2.11 bits per heavy atom. The number of H-pyrrole nitrogens is 1. The molecule has 0 amide bonds. The molecule has 92 valence electrons. The van der Waals surface area contributed by atoms with Crippen molar-refractivity contribution in [2.75, 3.05) is 0 Å². The first-order valence-electron chi connectivity index (χ1n) is 5.73. The number of pyridine rings is 1. The second-order valence-corrected chi connectivity index (χ2v) is 5.74. The summed E-state index contributed by atoms with van der Waals surface area (Å²) in [5.74, 6) is 0. The molecule has 0 aliphatic carbocycles. The van der Waals surface area contributed by atoms with E-state index in [9.17, 15) is 4.79 Å². The molecule has 1 N–H and O–H groups in total. The van der Waals surface area contributed by atoms with E-state index in [0.29, 0.717) is 15.9 Å². The van der Waals surface area contributed by atoms with Crippen molar-refractivity contribution in [2.24, 2.45) is 0 Å². The Bertz CT molecular complexity index is 1000. The lowest BCUT2D eigenvalue weighted by Crippen LogP contribution is -2.01. The van der Waals surface area contributed by atoms with Gasteiger partial charge in [-0.15, -0.1) is 11.3 Å². The first kappa shape index (κ1) is 11.0. The fourth-order valence-electron chi connectivity index (χ4n) is 2.28. The predicted molar refractivity (Wildman–Crippen MR) is 80.3 cm³/mol. The molecule has 0 radical (unpaired) electrons. The van der Waals surface area contributed by atoms with Crippen LogP contribution in [0.4, 0.5) is 0 Å². The van der Waals surface area contributed by atoms with Gasteiger partial charge in [0.25, 0.3) is 0 Å². The van der Waals surface area contributed by atoms with Gasteiger partial charge in [-0.3, -0.25) is 4.79 Å². The number of nitrogens with one attached hydrogen (secondary N) is 1. The van der Waals surface area contributed by atoms with Crippen molar-refractivity contribution in [3.8, 4) is 0 Å². The third kappa shape index (κ3) is 1.50. The van der Waals surface area contributed by atoms with E-state index in [1.54, 1.807) is 18.3 Å². The minimum absolute atomic E-state index is 0.0100. The van der Waals surface area contributed by atoms with Crippen LogP contribution in [0.15, 0.2) is 41.3 Å². The van der Waals surface area contributed by atoms with Gasteiger partial charge in [-0.1, -0.05) is 11.6 Å². The number of fused-ring (bicyclic) bond motifs is 4. The standard InChI is InChI=1S/C14H7ClN2OS/c15-7-3-4-10-9(6-7)13-11(17-10)12(18)8-2-1-5-16-14(8)19-13/h1-6,17H. The molecule has 0 atom stereocenters. The Kier molecular flexibility index (Phi) is 2.19. The summed E-state index contributed by atoms with van der Waals surface area (Å²) in [5.41, 5.74) is 1.54. The van der Waals surface area contributed by atoms with Crippen LogP contribution in [0.2, 0.25) is 5.02 Å². The number of nitrogens with zero attached hydrogens (tertiary/aromatic N) is 1. The average Bonchev–Trinajstić information content (AvgIpc) is 2.78. The SMILES string of the molecule is O=c1c2cccnc2sc2c1[nH]c1ccc(Cl)cc12. The summed E-state index contributed by atoms with van der Waals surface area (Å²) in [7, 11) is 0. The van der Waals surface area contributed by atoms with Gasteiger partial charge in [-0.05, 0) is 30.3 Å². The number of benzene rings is 1. The highest BCUT2D eigenvalue weighted by Crippen LogP contribution is 2.31. The van der Waals surface area contributed by atoms with Crippen molar-refractivity contribution in [1.82, 2.24) is 9.97 Å². The summed E-state index contributed by atoms with van der Waals surface area (Å²) in [5, 5.41) is 2.28. The Hall–Kier alpha value is -1.91. The first-order chi connectivity index (χ1) is 9.24. The van der Waals surface area contributed by atoms with Crippen LogP contribution in [0.5, 0.6) is 0 Å². The summed E-state index contributed by atoms with van der Waals surface area (Å²) in [6.07, 6.45) is 1.70. The van der Waals surface area contributed by atoms with Crippen LogP contribution in [0.25, 0.3) is 31.3 Å². The van der Waals surface area contributed by atoms with Crippen molar-refractivity contribution >= 4 is 54.3 Å². The quantitative estimate of drug-likeness (QED) is 0.532. The van der Waals surface area contributed by atoms with Gasteiger partial charge in [-0.2, -0.15) is 0 Å². The van der Waals surface area contributed by atoms with Crippen molar-refractivity contribution in [1.29, 1.82) is 0 Å². The van der Waals surface area contributed by atoms with E-state index in [1.807, 2.05) is 18.2 Å². The predicted octanol–water partition coefficient (Wildman–Crippen LogP) is 3.94. The second-order valence-electron chi connectivity index (χ2n) is 4.31. The van der Waals surface area contributed by atoms with Gasteiger partial charge in [0.15, 0.2) is 0 Å². The maximum Gasteiger partial charge on any atom is 0.213 e. The van der Waals surface area contributed by atoms with E-state index >= 15 is 0 Å². The van der Waals surface area contributed by atoms with Crippen LogP contribution >= 0.6 is 22.9 Å².